The van der Waals surface area contributed by atoms with Gasteiger partial charge in [0.15, 0.2) is 16.8 Å². The fourth-order valence-corrected chi connectivity index (χ4v) is 4.10. The molecule has 0 spiro atoms. The van der Waals surface area contributed by atoms with E-state index >= 15 is 0 Å². The molecule has 1 unspecified atom stereocenters. The van der Waals surface area contributed by atoms with Crippen molar-refractivity contribution in [3.8, 4) is 0 Å². The molecule has 2 heterocycles. The van der Waals surface area contributed by atoms with E-state index in [0.717, 1.165) is 10.9 Å². The third kappa shape index (κ3) is 3.67. The molecule has 134 valence electrons. The van der Waals surface area contributed by atoms with Gasteiger partial charge in [0, 0.05) is 23.3 Å². The van der Waals surface area contributed by atoms with E-state index in [-0.39, 0.29) is 17.5 Å². The molecule has 0 aliphatic heterocycles. The molecule has 0 amide bonds. The minimum Gasteiger partial charge on any atom is -0.294 e. The van der Waals surface area contributed by atoms with Crippen LogP contribution in [0.15, 0.2) is 78.0 Å². The van der Waals surface area contributed by atoms with Crippen LogP contribution < -0.4 is 0 Å². The second kappa shape index (κ2) is 7.42. The van der Waals surface area contributed by atoms with E-state index in [1.807, 2.05) is 42.5 Å². The van der Waals surface area contributed by atoms with Gasteiger partial charge in [0.2, 0.25) is 5.28 Å². The standard InChI is InChI=1S/C20H14ClN3O2S/c21-20-22-10-8-16(23-20)13-19(25)15-7-6-14-9-11-24(18(14)12-15)27(26)17-4-2-1-3-5-17/h1-12H,13H2. The van der Waals surface area contributed by atoms with Crippen molar-refractivity contribution in [1.29, 1.82) is 0 Å². The number of fused-ring (bicyclic) bond motifs is 1. The average molecular weight is 396 g/mol. The lowest BCUT2D eigenvalue weighted by atomic mass is 10.1. The van der Waals surface area contributed by atoms with E-state index in [0.29, 0.717) is 16.2 Å². The third-order valence-corrected chi connectivity index (χ3v) is 5.66. The summed E-state index contributed by atoms with van der Waals surface area (Å²) < 4.78 is 14.6. The molecule has 4 rings (SSSR count). The Hall–Kier alpha value is -2.83. The third-order valence-electron chi connectivity index (χ3n) is 4.13. The molecule has 1 atom stereocenters. The van der Waals surface area contributed by atoms with Gasteiger partial charge in [-0.25, -0.2) is 14.2 Å². The van der Waals surface area contributed by atoms with Crippen LogP contribution in [-0.2, 0) is 17.4 Å². The number of Topliss-reactive ketones (excluding diaryl/α,β-unsaturated/α-hetero) is 1. The minimum absolute atomic E-state index is 0.0927. The first-order valence-corrected chi connectivity index (χ1v) is 9.69. The number of hydrogen-bond acceptors (Lipinski definition) is 4. The Morgan fingerprint density at radius 3 is 2.67 bits per heavy atom. The van der Waals surface area contributed by atoms with E-state index in [1.54, 1.807) is 28.4 Å². The highest BCUT2D eigenvalue weighted by Crippen LogP contribution is 2.22. The zero-order valence-corrected chi connectivity index (χ0v) is 15.7. The van der Waals surface area contributed by atoms with E-state index in [1.165, 1.54) is 6.20 Å². The molecule has 0 saturated heterocycles. The van der Waals surface area contributed by atoms with Gasteiger partial charge < -0.3 is 0 Å². The van der Waals surface area contributed by atoms with Crippen molar-refractivity contribution in [1.82, 2.24) is 13.9 Å². The van der Waals surface area contributed by atoms with E-state index in [4.69, 9.17) is 11.6 Å². The molecular formula is C20H14ClN3O2S. The van der Waals surface area contributed by atoms with Crippen LogP contribution in [0, 0.1) is 0 Å². The molecule has 0 saturated carbocycles. The van der Waals surface area contributed by atoms with Crippen molar-refractivity contribution in [3.05, 3.63) is 89.6 Å². The van der Waals surface area contributed by atoms with Crippen LogP contribution in [0.5, 0.6) is 0 Å². The molecule has 4 aromatic rings. The molecule has 0 fully saturated rings. The zero-order valence-electron chi connectivity index (χ0n) is 14.1. The van der Waals surface area contributed by atoms with Crippen LogP contribution in [0.4, 0.5) is 0 Å². The number of benzene rings is 2. The SMILES string of the molecule is O=C(Cc1ccnc(Cl)n1)c1ccc2ccn(S(=O)c3ccccc3)c2c1. The summed E-state index contributed by atoms with van der Waals surface area (Å²) in [5.74, 6) is -0.0927. The van der Waals surface area contributed by atoms with Gasteiger partial charge in [0.05, 0.1) is 22.5 Å². The molecule has 7 heteroatoms. The van der Waals surface area contributed by atoms with Crippen LogP contribution in [-0.4, -0.2) is 23.9 Å². The van der Waals surface area contributed by atoms with Crippen LogP contribution in [0.3, 0.4) is 0 Å². The van der Waals surface area contributed by atoms with E-state index in [9.17, 15) is 9.00 Å². The molecule has 5 nitrogen and oxygen atoms in total. The number of halogens is 1. The maximum absolute atomic E-state index is 12.9. The normalized spacial score (nSPS) is 12.2. The topological polar surface area (TPSA) is 64.8 Å². The van der Waals surface area contributed by atoms with Gasteiger partial charge in [-0.3, -0.25) is 8.77 Å². The molecule has 0 N–H and O–H groups in total. The van der Waals surface area contributed by atoms with E-state index in [2.05, 4.69) is 9.97 Å². The fraction of sp³-hybridized carbons (Fsp3) is 0.0500. The highest BCUT2D eigenvalue weighted by atomic mass is 35.5. The lowest BCUT2D eigenvalue weighted by Gasteiger charge is -2.07. The summed E-state index contributed by atoms with van der Waals surface area (Å²) in [6.45, 7) is 0. The molecule has 0 radical (unpaired) electrons. The fourth-order valence-electron chi connectivity index (χ4n) is 2.81. The lowest BCUT2D eigenvalue weighted by molar-refractivity contribution is 0.0992. The quantitative estimate of drug-likeness (QED) is 0.377. The number of nitrogens with zero attached hydrogens (tertiary/aromatic N) is 3. The van der Waals surface area contributed by atoms with Crippen molar-refractivity contribution in [2.75, 3.05) is 0 Å². The number of carbonyl (C=O) groups is 1. The maximum atomic E-state index is 12.9. The zero-order chi connectivity index (χ0) is 18.8. The Morgan fingerprint density at radius 2 is 1.89 bits per heavy atom. The van der Waals surface area contributed by atoms with Crippen molar-refractivity contribution >= 4 is 39.3 Å². The number of rotatable bonds is 5. The Kier molecular flexibility index (Phi) is 4.83. The Labute approximate surface area is 163 Å². The van der Waals surface area contributed by atoms with Crippen molar-refractivity contribution < 1.29 is 9.00 Å². The lowest BCUT2D eigenvalue weighted by Crippen LogP contribution is -2.07. The van der Waals surface area contributed by atoms with Crippen molar-refractivity contribution in [3.63, 3.8) is 0 Å². The maximum Gasteiger partial charge on any atom is 0.222 e. The van der Waals surface area contributed by atoms with Gasteiger partial charge in [-0.05, 0) is 41.9 Å². The monoisotopic (exact) mass is 395 g/mol. The van der Waals surface area contributed by atoms with Crippen LogP contribution >= 0.6 is 11.6 Å². The second-order valence-electron chi connectivity index (χ2n) is 5.89. The first-order valence-electron chi connectivity index (χ1n) is 8.21. The predicted molar refractivity (Wildman–Crippen MR) is 105 cm³/mol. The Bertz CT molecular complexity index is 1160. The molecule has 0 bridgehead atoms. The summed E-state index contributed by atoms with van der Waals surface area (Å²) in [4.78, 5) is 21.2. The van der Waals surface area contributed by atoms with Crippen LogP contribution in [0.1, 0.15) is 16.1 Å². The number of aromatic nitrogens is 3. The van der Waals surface area contributed by atoms with Gasteiger partial charge in [-0.1, -0.05) is 30.3 Å². The minimum atomic E-state index is -1.39. The first-order chi connectivity index (χ1) is 13.1. The number of carbonyl (C=O) groups excluding carboxylic acids is 1. The van der Waals surface area contributed by atoms with Crippen molar-refractivity contribution in [2.24, 2.45) is 0 Å². The Balaban J connectivity index is 1.67. The summed E-state index contributed by atoms with van der Waals surface area (Å²) in [5.41, 5.74) is 1.83. The van der Waals surface area contributed by atoms with Gasteiger partial charge in [-0.2, -0.15) is 0 Å². The molecule has 2 aromatic heterocycles. The van der Waals surface area contributed by atoms with Gasteiger partial charge in [0.25, 0.3) is 0 Å². The first kappa shape index (κ1) is 17.6. The van der Waals surface area contributed by atoms with Gasteiger partial charge in [-0.15, -0.1) is 0 Å². The van der Waals surface area contributed by atoms with Gasteiger partial charge in [0.1, 0.15) is 0 Å². The van der Waals surface area contributed by atoms with E-state index < -0.39 is 11.0 Å². The molecule has 0 aliphatic carbocycles. The van der Waals surface area contributed by atoms with Crippen LogP contribution in [0.2, 0.25) is 5.28 Å². The second-order valence-corrected chi connectivity index (χ2v) is 7.60. The molecule has 2 aromatic carbocycles. The summed E-state index contributed by atoms with van der Waals surface area (Å²) >= 11 is 5.78. The highest BCUT2D eigenvalue weighted by Gasteiger charge is 2.14. The Morgan fingerprint density at radius 1 is 1.07 bits per heavy atom. The molecule has 0 aliphatic rings. The number of hydrogen-bond donors (Lipinski definition) is 0. The smallest absolute Gasteiger partial charge is 0.222 e. The largest absolute Gasteiger partial charge is 0.294 e. The predicted octanol–water partition coefficient (Wildman–Crippen LogP) is 4.08. The summed E-state index contributed by atoms with van der Waals surface area (Å²) in [6.07, 6.45) is 3.41. The summed E-state index contributed by atoms with van der Waals surface area (Å²) in [7, 11) is -1.39. The highest BCUT2D eigenvalue weighted by molar-refractivity contribution is 7.83. The average Bonchev–Trinajstić information content (AvgIpc) is 3.11. The molecular weight excluding hydrogens is 382 g/mol. The summed E-state index contributed by atoms with van der Waals surface area (Å²) in [6, 6.07) is 18.1. The van der Waals surface area contributed by atoms with Crippen LogP contribution in [0.25, 0.3) is 10.9 Å². The summed E-state index contributed by atoms with van der Waals surface area (Å²) in [5, 5.41) is 1.03. The number of ketones is 1. The molecule has 27 heavy (non-hydrogen) atoms. The van der Waals surface area contributed by atoms with Gasteiger partial charge >= 0.3 is 0 Å². The van der Waals surface area contributed by atoms with Crippen molar-refractivity contribution in [2.45, 2.75) is 11.3 Å².